The summed E-state index contributed by atoms with van der Waals surface area (Å²) < 4.78 is 2.34. The Labute approximate surface area is 173 Å². The fourth-order valence-corrected chi connectivity index (χ4v) is 4.26. The topological polar surface area (TPSA) is 88.5 Å². The van der Waals surface area contributed by atoms with Crippen LogP contribution in [0, 0.1) is 11.7 Å². The molecule has 1 aromatic carbocycles. The third-order valence-corrected chi connectivity index (χ3v) is 5.93. The summed E-state index contributed by atoms with van der Waals surface area (Å²) in [7, 11) is 0. The molecule has 2 aromatic heterocycles. The van der Waals surface area contributed by atoms with E-state index in [9.17, 15) is 4.79 Å². The quantitative estimate of drug-likeness (QED) is 0.520. The van der Waals surface area contributed by atoms with Gasteiger partial charge in [0.25, 0.3) is 0 Å². The van der Waals surface area contributed by atoms with Crippen LogP contribution in [0.25, 0.3) is 11.4 Å². The van der Waals surface area contributed by atoms with E-state index in [-0.39, 0.29) is 12.3 Å². The molecular weight excluding hydrogens is 392 g/mol. The number of rotatable bonds is 8. The van der Waals surface area contributed by atoms with Crippen molar-refractivity contribution in [1.82, 2.24) is 25.0 Å². The van der Waals surface area contributed by atoms with Gasteiger partial charge in [0.2, 0.25) is 11.0 Å². The molecule has 1 amide bonds. The van der Waals surface area contributed by atoms with Gasteiger partial charge >= 0.3 is 0 Å². The molecule has 0 aliphatic heterocycles. The number of hydrogen-bond acceptors (Lipinski definition) is 6. The van der Waals surface area contributed by atoms with Crippen LogP contribution in [0.15, 0.2) is 24.3 Å². The van der Waals surface area contributed by atoms with E-state index in [4.69, 9.17) is 12.2 Å². The van der Waals surface area contributed by atoms with Gasteiger partial charge in [-0.25, -0.2) is 0 Å². The number of hydrogen-bond donors (Lipinski definition) is 2. The Kier molecular flexibility index (Phi) is 6.69. The van der Waals surface area contributed by atoms with Gasteiger partial charge in [0.05, 0.1) is 0 Å². The molecular formula is C19H24N6OS2. The highest BCUT2D eigenvalue weighted by molar-refractivity contribution is 7.71. The van der Waals surface area contributed by atoms with Gasteiger partial charge in [0.15, 0.2) is 10.6 Å². The second-order valence-corrected chi connectivity index (χ2v) is 8.03. The predicted molar refractivity (Wildman–Crippen MR) is 114 cm³/mol. The van der Waals surface area contributed by atoms with E-state index in [0.29, 0.717) is 22.4 Å². The van der Waals surface area contributed by atoms with Gasteiger partial charge in [-0.3, -0.25) is 14.5 Å². The fourth-order valence-electron chi connectivity index (χ4n) is 3.01. The maximum absolute atomic E-state index is 12.4. The Balaban J connectivity index is 1.66. The molecule has 7 nitrogen and oxygen atoms in total. The van der Waals surface area contributed by atoms with Gasteiger partial charge in [0, 0.05) is 24.4 Å². The second kappa shape index (κ2) is 9.20. The van der Waals surface area contributed by atoms with E-state index < -0.39 is 0 Å². The fraction of sp³-hybridized carbons (Fsp3) is 0.421. The lowest BCUT2D eigenvalue weighted by Crippen LogP contribution is -2.15. The number of carbonyl (C=O) groups excluding carboxylic acids is 1. The summed E-state index contributed by atoms with van der Waals surface area (Å²) in [6, 6.07) is 8.03. The van der Waals surface area contributed by atoms with Crippen molar-refractivity contribution in [2.24, 2.45) is 0 Å². The third kappa shape index (κ3) is 4.71. The zero-order valence-corrected chi connectivity index (χ0v) is 17.9. The van der Waals surface area contributed by atoms with Gasteiger partial charge in [0.1, 0.15) is 5.01 Å². The summed E-state index contributed by atoms with van der Waals surface area (Å²) in [5.41, 5.74) is 2.10. The number of aryl methyl sites for hydroxylation is 1. The van der Waals surface area contributed by atoms with Crippen molar-refractivity contribution in [3.05, 3.63) is 39.6 Å². The highest BCUT2D eigenvalue weighted by atomic mass is 32.1. The molecule has 0 fully saturated rings. The summed E-state index contributed by atoms with van der Waals surface area (Å²) >= 11 is 6.79. The second-order valence-electron chi connectivity index (χ2n) is 6.63. The number of nitrogens with one attached hydrogen (secondary N) is 2. The standard InChI is InChI=1S/C19H24N6OS2/c1-4-13(5-2)17-22-23-18(28-17)20-15(26)9-10-25-16(21-24-19(25)27)14-8-6-7-12(3)11-14/h6-8,11,13H,4-5,9-10H2,1-3H3,(H,24,27)(H,20,23,26). The molecule has 3 aromatic rings. The van der Waals surface area contributed by atoms with E-state index in [0.717, 1.165) is 34.8 Å². The number of aromatic nitrogens is 5. The zero-order chi connectivity index (χ0) is 20.1. The smallest absolute Gasteiger partial charge is 0.227 e. The molecule has 148 valence electrons. The molecule has 3 rings (SSSR count). The molecule has 0 unspecified atom stereocenters. The maximum atomic E-state index is 12.4. The average Bonchev–Trinajstić information content (AvgIpc) is 3.28. The van der Waals surface area contributed by atoms with Crippen molar-refractivity contribution in [3.8, 4) is 11.4 Å². The summed E-state index contributed by atoms with van der Waals surface area (Å²) in [5.74, 6) is 1.00. The summed E-state index contributed by atoms with van der Waals surface area (Å²) in [4.78, 5) is 12.4. The highest BCUT2D eigenvalue weighted by Crippen LogP contribution is 2.28. The van der Waals surface area contributed by atoms with Gasteiger partial charge in [-0.1, -0.05) is 48.9 Å². The van der Waals surface area contributed by atoms with E-state index >= 15 is 0 Å². The Morgan fingerprint density at radius 2 is 2.11 bits per heavy atom. The van der Waals surface area contributed by atoms with Crippen LogP contribution in [0.4, 0.5) is 5.13 Å². The first-order valence-electron chi connectivity index (χ1n) is 9.37. The largest absolute Gasteiger partial charge is 0.300 e. The normalized spacial score (nSPS) is 11.1. The SMILES string of the molecule is CCC(CC)c1nnc(NC(=O)CCn2c(-c3cccc(C)c3)n[nH]c2=S)s1. The molecule has 9 heteroatoms. The van der Waals surface area contributed by atoms with E-state index in [1.165, 1.54) is 11.3 Å². The summed E-state index contributed by atoms with van der Waals surface area (Å²) in [6.45, 7) is 6.73. The molecule has 0 saturated carbocycles. The minimum atomic E-state index is -0.120. The van der Waals surface area contributed by atoms with Crippen LogP contribution in [0.5, 0.6) is 0 Å². The van der Waals surface area contributed by atoms with Crippen molar-refractivity contribution in [2.45, 2.75) is 52.5 Å². The molecule has 0 bridgehead atoms. The third-order valence-electron chi connectivity index (χ3n) is 4.62. The van der Waals surface area contributed by atoms with Crippen molar-refractivity contribution in [2.75, 3.05) is 5.32 Å². The van der Waals surface area contributed by atoms with Crippen LogP contribution >= 0.6 is 23.6 Å². The lowest BCUT2D eigenvalue weighted by Gasteiger charge is -2.07. The van der Waals surface area contributed by atoms with Gasteiger partial charge in [-0.15, -0.1) is 10.2 Å². The molecule has 28 heavy (non-hydrogen) atoms. The minimum Gasteiger partial charge on any atom is -0.300 e. The van der Waals surface area contributed by atoms with Crippen molar-refractivity contribution >= 4 is 34.6 Å². The molecule has 2 N–H and O–H groups in total. The lowest BCUT2D eigenvalue weighted by atomic mass is 10.1. The number of aromatic amines is 1. The molecule has 0 saturated heterocycles. The van der Waals surface area contributed by atoms with E-state index in [1.807, 2.05) is 35.8 Å². The first kappa shape index (κ1) is 20.3. The Hall–Kier alpha value is -2.39. The van der Waals surface area contributed by atoms with Gasteiger partial charge in [-0.2, -0.15) is 5.10 Å². The zero-order valence-electron chi connectivity index (χ0n) is 16.2. The van der Waals surface area contributed by atoms with E-state index in [1.54, 1.807) is 0 Å². The van der Waals surface area contributed by atoms with Gasteiger partial charge < -0.3 is 5.32 Å². The monoisotopic (exact) mass is 416 g/mol. The highest BCUT2D eigenvalue weighted by Gasteiger charge is 2.15. The minimum absolute atomic E-state index is 0.120. The molecule has 0 atom stereocenters. The van der Waals surface area contributed by atoms with Crippen LogP contribution in [-0.4, -0.2) is 30.9 Å². The van der Waals surface area contributed by atoms with E-state index in [2.05, 4.69) is 39.6 Å². The number of carbonyl (C=O) groups is 1. The number of H-pyrrole nitrogens is 1. The molecule has 2 heterocycles. The maximum Gasteiger partial charge on any atom is 0.227 e. The number of amides is 1. The molecule has 0 aliphatic carbocycles. The van der Waals surface area contributed by atoms with Crippen LogP contribution in [0.3, 0.4) is 0 Å². The lowest BCUT2D eigenvalue weighted by molar-refractivity contribution is -0.116. The Bertz CT molecular complexity index is 1000. The molecule has 0 spiro atoms. The number of nitrogens with zero attached hydrogens (tertiary/aromatic N) is 4. The molecule has 0 aliphatic rings. The Morgan fingerprint density at radius 3 is 2.82 bits per heavy atom. The van der Waals surface area contributed by atoms with Gasteiger partial charge in [-0.05, 0) is 38.0 Å². The number of anilines is 1. The molecule has 0 radical (unpaired) electrons. The number of benzene rings is 1. The predicted octanol–water partition coefficient (Wildman–Crippen LogP) is 4.70. The van der Waals surface area contributed by atoms with Crippen molar-refractivity contribution < 1.29 is 4.79 Å². The summed E-state index contributed by atoms with van der Waals surface area (Å²) in [5, 5.41) is 19.8. The van der Waals surface area contributed by atoms with Crippen molar-refractivity contribution in [1.29, 1.82) is 0 Å². The average molecular weight is 417 g/mol. The first-order valence-corrected chi connectivity index (χ1v) is 10.6. The van der Waals surface area contributed by atoms with Crippen LogP contribution in [0.2, 0.25) is 0 Å². The van der Waals surface area contributed by atoms with Crippen LogP contribution in [0.1, 0.15) is 49.6 Å². The first-order chi connectivity index (χ1) is 13.5. The van der Waals surface area contributed by atoms with Crippen molar-refractivity contribution in [3.63, 3.8) is 0 Å². The summed E-state index contributed by atoms with van der Waals surface area (Å²) in [6.07, 6.45) is 2.30. The van der Waals surface area contributed by atoms with Crippen LogP contribution in [-0.2, 0) is 11.3 Å². The Morgan fingerprint density at radius 1 is 1.32 bits per heavy atom. The van der Waals surface area contributed by atoms with Crippen LogP contribution < -0.4 is 5.32 Å².